The summed E-state index contributed by atoms with van der Waals surface area (Å²) in [5.41, 5.74) is 1.20. The first-order chi connectivity index (χ1) is 12.5. The Hall–Kier alpha value is -2.76. The van der Waals surface area contributed by atoms with Crippen LogP contribution in [0.15, 0.2) is 41.3 Å². The summed E-state index contributed by atoms with van der Waals surface area (Å²) in [6.45, 7) is 3.54. The lowest BCUT2D eigenvalue weighted by Gasteiger charge is -2.13. The van der Waals surface area contributed by atoms with E-state index in [-0.39, 0.29) is 17.5 Å². The third-order valence-corrected chi connectivity index (χ3v) is 4.10. The lowest BCUT2D eigenvalue weighted by atomic mass is 9.89. The Morgan fingerprint density at radius 1 is 1.23 bits per heavy atom. The molecule has 6 nitrogen and oxygen atoms in total. The van der Waals surface area contributed by atoms with Crippen LogP contribution in [0.4, 0.5) is 0 Å². The molecule has 0 aliphatic carbocycles. The summed E-state index contributed by atoms with van der Waals surface area (Å²) >= 11 is 0. The maximum Gasteiger partial charge on any atom is 0.305 e. The van der Waals surface area contributed by atoms with Crippen molar-refractivity contribution in [2.75, 3.05) is 6.61 Å². The lowest BCUT2D eigenvalue weighted by molar-refractivity contribution is -0.143. The second-order valence-electron chi connectivity index (χ2n) is 6.02. The van der Waals surface area contributed by atoms with Gasteiger partial charge in [0.1, 0.15) is 5.78 Å². The fraction of sp³-hybridized carbons (Fsp3) is 0.400. The number of esters is 1. The Labute approximate surface area is 152 Å². The van der Waals surface area contributed by atoms with Crippen LogP contribution in [0.5, 0.6) is 0 Å². The third kappa shape index (κ3) is 5.37. The molecule has 0 radical (unpaired) electrons. The summed E-state index contributed by atoms with van der Waals surface area (Å²) in [6, 6.07) is 6.97. The fourth-order valence-electron chi connectivity index (χ4n) is 2.76. The molecule has 1 aromatic carbocycles. The molecule has 0 saturated carbocycles. The van der Waals surface area contributed by atoms with Gasteiger partial charge in [0.05, 0.1) is 18.7 Å². The molecule has 0 saturated heterocycles. The molecule has 0 fully saturated rings. The highest BCUT2D eigenvalue weighted by molar-refractivity contribution is 6.10. The number of carbonyl (C=O) groups excluding carboxylic acids is 3. The van der Waals surface area contributed by atoms with Gasteiger partial charge >= 0.3 is 5.97 Å². The van der Waals surface area contributed by atoms with E-state index in [2.05, 4.69) is 4.98 Å². The van der Waals surface area contributed by atoms with Crippen molar-refractivity contribution in [1.82, 2.24) is 4.98 Å². The van der Waals surface area contributed by atoms with Gasteiger partial charge in [-0.1, -0.05) is 24.6 Å². The Balaban J connectivity index is 2.01. The van der Waals surface area contributed by atoms with Gasteiger partial charge in [-0.05, 0) is 32.8 Å². The SMILES string of the molecule is CCOC(=O)CCCCC(C(C)=O)C(=O)c1cccc(-c2cnco2)c1. The minimum absolute atomic E-state index is 0.170. The van der Waals surface area contributed by atoms with E-state index in [0.29, 0.717) is 43.6 Å². The summed E-state index contributed by atoms with van der Waals surface area (Å²) < 4.78 is 10.1. The average Bonchev–Trinajstić information content (AvgIpc) is 3.16. The van der Waals surface area contributed by atoms with E-state index in [1.54, 1.807) is 31.3 Å². The Morgan fingerprint density at radius 2 is 2.04 bits per heavy atom. The monoisotopic (exact) mass is 357 g/mol. The molecule has 1 aromatic heterocycles. The topological polar surface area (TPSA) is 86.5 Å². The molecule has 2 rings (SSSR count). The number of Topliss-reactive ketones (excluding diaryl/α,β-unsaturated/α-hetero) is 2. The van der Waals surface area contributed by atoms with Crippen LogP contribution in [0.25, 0.3) is 11.3 Å². The highest BCUT2D eigenvalue weighted by atomic mass is 16.5. The van der Waals surface area contributed by atoms with Gasteiger partial charge in [-0.15, -0.1) is 0 Å². The molecule has 2 aromatic rings. The van der Waals surface area contributed by atoms with Crippen molar-refractivity contribution in [3.8, 4) is 11.3 Å². The van der Waals surface area contributed by atoms with Gasteiger partial charge in [0.15, 0.2) is 17.9 Å². The molecule has 0 aliphatic heterocycles. The number of nitrogens with zero attached hydrogens (tertiary/aromatic N) is 1. The van der Waals surface area contributed by atoms with Crippen molar-refractivity contribution >= 4 is 17.5 Å². The zero-order chi connectivity index (χ0) is 18.9. The first-order valence-corrected chi connectivity index (χ1v) is 8.72. The molecule has 0 bridgehead atoms. The van der Waals surface area contributed by atoms with E-state index in [0.717, 1.165) is 5.56 Å². The van der Waals surface area contributed by atoms with Crippen molar-refractivity contribution < 1.29 is 23.5 Å². The molecular weight excluding hydrogens is 334 g/mol. The van der Waals surface area contributed by atoms with Gasteiger partial charge in [0, 0.05) is 17.5 Å². The van der Waals surface area contributed by atoms with Gasteiger partial charge < -0.3 is 9.15 Å². The third-order valence-electron chi connectivity index (χ3n) is 4.10. The maximum absolute atomic E-state index is 12.8. The molecule has 138 valence electrons. The number of carbonyl (C=O) groups is 3. The Bertz CT molecular complexity index is 751. The molecule has 0 aliphatic rings. The van der Waals surface area contributed by atoms with Crippen LogP contribution in [0.3, 0.4) is 0 Å². The van der Waals surface area contributed by atoms with Crippen LogP contribution in [-0.4, -0.2) is 29.1 Å². The number of aromatic nitrogens is 1. The zero-order valence-corrected chi connectivity index (χ0v) is 15.1. The molecule has 1 unspecified atom stereocenters. The molecule has 1 atom stereocenters. The van der Waals surface area contributed by atoms with Gasteiger partial charge in [-0.3, -0.25) is 14.4 Å². The van der Waals surface area contributed by atoms with Crippen LogP contribution >= 0.6 is 0 Å². The number of unbranched alkanes of at least 4 members (excludes halogenated alkanes) is 1. The van der Waals surface area contributed by atoms with E-state index in [4.69, 9.17) is 9.15 Å². The van der Waals surface area contributed by atoms with Crippen LogP contribution < -0.4 is 0 Å². The number of benzene rings is 1. The predicted molar refractivity (Wildman–Crippen MR) is 95.5 cm³/mol. The second kappa shape index (κ2) is 9.65. The van der Waals surface area contributed by atoms with Crippen LogP contribution in [0.2, 0.25) is 0 Å². The van der Waals surface area contributed by atoms with Crippen molar-refractivity contribution in [1.29, 1.82) is 0 Å². The van der Waals surface area contributed by atoms with Crippen molar-refractivity contribution in [3.63, 3.8) is 0 Å². The largest absolute Gasteiger partial charge is 0.466 e. The smallest absolute Gasteiger partial charge is 0.305 e. The van der Waals surface area contributed by atoms with Gasteiger partial charge in [0.2, 0.25) is 0 Å². The van der Waals surface area contributed by atoms with E-state index >= 15 is 0 Å². The zero-order valence-electron chi connectivity index (χ0n) is 15.1. The predicted octanol–water partition coefficient (Wildman–Crippen LogP) is 3.85. The summed E-state index contributed by atoms with van der Waals surface area (Å²) in [5.74, 6) is -0.778. The maximum atomic E-state index is 12.8. The molecule has 0 N–H and O–H groups in total. The van der Waals surface area contributed by atoms with Gasteiger partial charge in [0.25, 0.3) is 0 Å². The normalized spacial score (nSPS) is 11.8. The second-order valence-corrected chi connectivity index (χ2v) is 6.02. The fourth-order valence-corrected chi connectivity index (χ4v) is 2.76. The first-order valence-electron chi connectivity index (χ1n) is 8.72. The molecule has 6 heteroatoms. The molecular formula is C20H23NO5. The van der Waals surface area contributed by atoms with Crippen LogP contribution in [-0.2, 0) is 14.3 Å². The summed E-state index contributed by atoms with van der Waals surface area (Å²) in [5, 5.41) is 0. The van der Waals surface area contributed by atoms with Crippen LogP contribution in [0, 0.1) is 5.92 Å². The van der Waals surface area contributed by atoms with Crippen molar-refractivity contribution in [2.24, 2.45) is 5.92 Å². The average molecular weight is 357 g/mol. The number of oxazole rings is 1. The standard InChI is InChI=1S/C20H23NO5/c1-3-25-19(23)10-5-4-9-17(14(2)22)20(24)16-8-6-7-15(11-16)18-12-21-13-26-18/h6-8,11-13,17H,3-5,9-10H2,1-2H3. The number of hydrogen-bond acceptors (Lipinski definition) is 6. The molecule has 1 heterocycles. The number of rotatable bonds is 10. The van der Waals surface area contributed by atoms with Crippen LogP contribution in [0.1, 0.15) is 49.9 Å². The van der Waals surface area contributed by atoms with Gasteiger partial charge in [-0.2, -0.15) is 0 Å². The minimum atomic E-state index is -0.706. The summed E-state index contributed by atoms with van der Waals surface area (Å²) in [7, 11) is 0. The summed E-state index contributed by atoms with van der Waals surface area (Å²) in [6.07, 6.45) is 4.81. The quantitative estimate of drug-likeness (QED) is 0.278. The number of ether oxygens (including phenoxy) is 1. The van der Waals surface area contributed by atoms with E-state index in [1.807, 2.05) is 6.07 Å². The minimum Gasteiger partial charge on any atom is -0.466 e. The first kappa shape index (κ1) is 19.6. The highest BCUT2D eigenvalue weighted by Gasteiger charge is 2.24. The van der Waals surface area contributed by atoms with E-state index in [9.17, 15) is 14.4 Å². The molecule has 0 spiro atoms. The van der Waals surface area contributed by atoms with E-state index < -0.39 is 5.92 Å². The van der Waals surface area contributed by atoms with Crippen molar-refractivity contribution in [3.05, 3.63) is 42.4 Å². The molecule has 26 heavy (non-hydrogen) atoms. The summed E-state index contributed by atoms with van der Waals surface area (Å²) in [4.78, 5) is 40.0. The Kier molecular flexibility index (Phi) is 7.26. The number of hydrogen-bond donors (Lipinski definition) is 0. The lowest BCUT2D eigenvalue weighted by Crippen LogP contribution is -2.22. The Morgan fingerprint density at radius 3 is 2.69 bits per heavy atom. The van der Waals surface area contributed by atoms with Gasteiger partial charge in [-0.25, -0.2) is 4.98 Å². The number of ketones is 2. The van der Waals surface area contributed by atoms with Crippen molar-refractivity contribution in [2.45, 2.75) is 39.5 Å². The molecule has 0 amide bonds. The highest BCUT2D eigenvalue weighted by Crippen LogP contribution is 2.23. The van der Waals surface area contributed by atoms with E-state index in [1.165, 1.54) is 13.3 Å².